The number of hydrogen-bond donors (Lipinski definition) is 0. The van der Waals surface area contributed by atoms with Gasteiger partial charge in [0.2, 0.25) is 0 Å². The quantitative estimate of drug-likeness (QED) is 0.739. The van der Waals surface area contributed by atoms with E-state index in [0.29, 0.717) is 10.6 Å². The third kappa shape index (κ3) is 3.77. The topological polar surface area (TPSA) is 33.2 Å². The van der Waals surface area contributed by atoms with E-state index < -0.39 is 0 Å². The molecule has 1 amide bonds. The molecule has 1 fully saturated rings. The van der Waals surface area contributed by atoms with Gasteiger partial charge in [0.05, 0.1) is 10.6 Å². The molecule has 0 N–H and O–H groups in total. The van der Waals surface area contributed by atoms with Crippen molar-refractivity contribution < 1.29 is 4.79 Å². The second kappa shape index (κ2) is 5.90. The SMILES string of the molecule is CC1(C)CCN(C(=O)c2cnc(Cl)c(Cl)c2)CCS1. The highest BCUT2D eigenvalue weighted by atomic mass is 35.5. The van der Waals surface area contributed by atoms with Gasteiger partial charge in [-0.15, -0.1) is 0 Å². The Bertz CT molecular complexity index is 494. The zero-order valence-corrected chi connectivity index (χ0v) is 13.3. The second-order valence-corrected chi connectivity index (χ2v) is 7.71. The first kappa shape index (κ1) is 14.9. The zero-order valence-electron chi connectivity index (χ0n) is 10.9. The Morgan fingerprint density at radius 1 is 1.42 bits per heavy atom. The molecule has 1 aromatic heterocycles. The molecule has 2 heterocycles. The minimum atomic E-state index is -0.0237. The Labute approximate surface area is 127 Å². The molecule has 0 spiro atoms. The maximum atomic E-state index is 12.4. The Morgan fingerprint density at radius 3 is 2.84 bits per heavy atom. The monoisotopic (exact) mass is 318 g/mol. The van der Waals surface area contributed by atoms with Gasteiger partial charge in [0.25, 0.3) is 5.91 Å². The van der Waals surface area contributed by atoms with Crippen LogP contribution in [-0.2, 0) is 0 Å². The molecule has 1 saturated heterocycles. The van der Waals surface area contributed by atoms with Gasteiger partial charge >= 0.3 is 0 Å². The minimum Gasteiger partial charge on any atom is -0.338 e. The summed E-state index contributed by atoms with van der Waals surface area (Å²) in [5.41, 5.74) is 0.499. The molecule has 6 heteroatoms. The summed E-state index contributed by atoms with van der Waals surface area (Å²) in [5.74, 6) is 0.928. The fourth-order valence-electron chi connectivity index (χ4n) is 1.94. The molecule has 1 aliphatic heterocycles. The average Bonchev–Trinajstić information content (AvgIpc) is 2.53. The van der Waals surface area contributed by atoms with Crippen LogP contribution < -0.4 is 0 Å². The van der Waals surface area contributed by atoms with Crippen LogP contribution >= 0.6 is 35.0 Å². The van der Waals surface area contributed by atoms with Gasteiger partial charge in [-0.2, -0.15) is 11.8 Å². The third-order valence-electron chi connectivity index (χ3n) is 3.17. The van der Waals surface area contributed by atoms with E-state index in [4.69, 9.17) is 23.2 Å². The highest BCUT2D eigenvalue weighted by Crippen LogP contribution is 2.31. The van der Waals surface area contributed by atoms with Crippen molar-refractivity contribution in [2.45, 2.75) is 25.0 Å². The Kier molecular flexibility index (Phi) is 4.64. The number of rotatable bonds is 1. The van der Waals surface area contributed by atoms with Gasteiger partial charge in [0.15, 0.2) is 0 Å². The molecule has 3 nitrogen and oxygen atoms in total. The maximum absolute atomic E-state index is 12.4. The van der Waals surface area contributed by atoms with E-state index in [-0.39, 0.29) is 15.8 Å². The number of aromatic nitrogens is 1. The van der Waals surface area contributed by atoms with Crippen LogP contribution in [0.4, 0.5) is 0 Å². The van der Waals surface area contributed by atoms with E-state index in [1.165, 1.54) is 6.20 Å². The minimum absolute atomic E-state index is 0.0237. The van der Waals surface area contributed by atoms with E-state index in [1.54, 1.807) is 6.07 Å². The van der Waals surface area contributed by atoms with Gasteiger partial charge in [-0.05, 0) is 12.5 Å². The summed E-state index contributed by atoms with van der Waals surface area (Å²) in [5, 5.41) is 0.544. The van der Waals surface area contributed by atoms with E-state index in [9.17, 15) is 4.79 Å². The van der Waals surface area contributed by atoms with Gasteiger partial charge in [-0.1, -0.05) is 37.0 Å². The van der Waals surface area contributed by atoms with Crippen LogP contribution in [-0.4, -0.2) is 39.4 Å². The van der Waals surface area contributed by atoms with Gasteiger partial charge in [-0.3, -0.25) is 4.79 Å². The number of hydrogen-bond acceptors (Lipinski definition) is 3. The molecule has 0 aromatic carbocycles. The van der Waals surface area contributed by atoms with Crippen molar-refractivity contribution in [1.29, 1.82) is 0 Å². The maximum Gasteiger partial charge on any atom is 0.255 e. The summed E-state index contributed by atoms with van der Waals surface area (Å²) < 4.78 is 0.227. The highest BCUT2D eigenvalue weighted by Gasteiger charge is 2.26. The molecule has 104 valence electrons. The second-order valence-electron chi connectivity index (χ2n) is 5.15. The molecule has 1 aromatic rings. The number of carbonyl (C=O) groups is 1. The van der Waals surface area contributed by atoms with E-state index >= 15 is 0 Å². The van der Waals surface area contributed by atoms with Gasteiger partial charge in [-0.25, -0.2) is 4.98 Å². The van der Waals surface area contributed by atoms with Crippen LogP contribution in [0.2, 0.25) is 10.2 Å². The fraction of sp³-hybridized carbons (Fsp3) is 0.538. The number of nitrogens with zero attached hydrogens (tertiary/aromatic N) is 2. The van der Waals surface area contributed by atoms with Crippen molar-refractivity contribution in [2.75, 3.05) is 18.8 Å². The van der Waals surface area contributed by atoms with E-state index in [0.717, 1.165) is 25.3 Å². The molecule has 1 aliphatic rings. The summed E-state index contributed by atoms with van der Waals surface area (Å²) in [6.45, 7) is 5.95. The van der Waals surface area contributed by atoms with Crippen molar-refractivity contribution in [1.82, 2.24) is 9.88 Å². The normalized spacial score (nSPS) is 19.1. The number of thioether (sulfide) groups is 1. The van der Waals surface area contributed by atoms with Crippen molar-refractivity contribution in [3.05, 3.63) is 28.0 Å². The fourth-order valence-corrected chi connectivity index (χ4v) is 3.31. The lowest BCUT2D eigenvalue weighted by molar-refractivity contribution is 0.0764. The van der Waals surface area contributed by atoms with Gasteiger partial charge in [0.1, 0.15) is 5.15 Å². The first-order chi connectivity index (χ1) is 8.89. The molecule has 0 aliphatic carbocycles. The Balaban J connectivity index is 2.13. The summed E-state index contributed by atoms with van der Waals surface area (Å²) in [6.07, 6.45) is 2.47. The van der Waals surface area contributed by atoms with Crippen LogP contribution in [0.3, 0.4) is 0 Å². The van der Waals surface area contributed by atoms with Gasteiger partial charge in [0, 0.05) is 29.8 Å². The Hall–Kier alpha value is -0.450. The molecule has 0 radical (unpaired) electrons. The first-order valence-electron chi connectivity index (χ1n) is 6.13. The molecule has 0 atom stereocenters. The number of pyridine rings is 1. The van der Waals surface area contributed by atoms with Crippen molar-refractivity contribution in [3.63, 3.8) is 0 Å². The Morgan fingerprint density at radius 2 is 2.16 bits per heavy atom. The summed E-state index contributed by atoms with van der Waals surface area (Å²) >= 11 is 13.6. The summed E-state index contributed by atoms with van der Waals surface area (Å²) in [7, 11) is 0. The van der Waals surface area contributed by atoms with Crippen LogP contribution in [0.15, 0.2) is 12.3 Å². The number of amides is 1. The smallest absolute Gasteiger partial charge is 0.255 e. The lowest BCUT2D eigenvalue weighted by Gasteiger charge is -2.22. The summed E-state index contributed by atoms with van der Waals surface area (Å²) in [4.78, 5) is 18.2. The average molecular weight is 319 g/mol. The molecule has 0 bridgehead atoms. The summed E-state index contributed by atoms with van der Waals surface area (Å²) in [6, 6.07) is 1.59. The molecule has 0 saturated carbocycles. The molecule has 2 rings (SSSR count). The highest BCUT2D eigenvalue weighted by molar-refractivity contribution is 8.00. The van der Waals surface area contributed by atoms with E-state index in [1.807, 2.05) is 16.7 Å². The van der Waals surface area contributed by atoms with Crippen molar-refractivity contribution in [2.24, 2.45) is 0 Å². The van der Waals surface area contributed by atoms with Crippen LogP contribution in [0.5, 0.6) is 0 Å². The van der Waals surface area contributed by atoms with Crippen molar-refractivity contribution in [3.8, 4) is 0 Å². The third-order valence-corrected chi connectivity index (χ3v) is 5.23. The molecule has 0 unspecified atom stereocenters. The number of halogens is 2. The van der Waals surface area contributed by atoms with E-state index in [2.05, 4.69) is 18.8 Å². The standard InChI is InChI=1S/C13H16Cl2N2OS/c1-13(2)3-4-17(5-6-19-13)12(18)9-7-10(14)11(15)16-8-9/h7-8H,3-6H2,1-2H3. The predicted octanol–water partition coefficient (Wildman–Crippen LogP) is 3.75. The largest absolute Gasteiger partial charge is 0.338 e. The molecular weight excluding hydrogens is 303 g/mol. The lowest BCUT2D eigenvalue weighted by atomic mass is 10.1. The molecular formula is C13H16Cl2N2OS. The van der Waals surface area contributed by atoms with Crippen molar-refractivity contribution >= 4 is 40.9 Å². The van der Waals surface area contributed by atoms with Crippen LogP contribution in [0.25, 0.3) is 0 Å². The van der Waals surface area contributed by atoms with Gasteiger partial charge < -0.3 is 4.90 Å². The van der Waals surface area contributed by atoms with Crippen LogP contribution in [0, 0.1) is 0 Å². The first-order valence-corrected chi connectivity index (χ1v) is 7.87. The lowest BCUT2D eigenvalue weighted by Crippen LogP contribution is -2.33. The zero-order chi connectivity index (χ0) is 14.0. The van der Waals surface area contributed by atoms with Crippen LogP contribution in [0.1, 0.15) is 30.6 Å². The molecule has 19 heavy (non-hydrogen) atoms. The number of carbonyl (C=O) groups excluding carboxylic acids is 1. The predicted molar refractivity (Wildman–Crippen MR) is 81.3 cm³/mol.